The summed E-state index contributed by atoms with van der Waals surface area (Å²) in [5.41, 5.74) is 4.27. The summed E-state index contributed by atoms with van der Waals surface area (Å²) in [6, 6.07) is 14.1. The van der Waals surface area contributed by atoms with Crippen molar-refractivity contribution in [3.63, 3.8) is 0 Å². The van der Waals surface area contributed by atoms with Crippen molar-refractivity contribution in [1.29, 1.82) is 0 Å². The lowest BCUT2D eigenvalue weighted by Gasteiger charge is -2.42. The van der Waals surface area contributed by atoms with Crippen LogP contribution in [0.4, 0.5) is 5.69 Å². The summed E-state index contributed by atoms with van der Waals surface area (Å²) in [6.07, 6.45) is 2.19. The van der Waals surface area contributed by atoms with Crippen molar-refractivity contribution in [2.24, 2.45) is 0 Å². The zero-order chi connectivity index (χ0) is 16.7. The fourth-order valence-corrected chi connectivity index (χ4v) is 3.67. The van der Waals surface area contributed by atoms with E-state index in [0.717, 1.165) is 42.0 Å². The monoisotopic (exact) mass is 322 g/mol. The maximum atomic E-state index is 12.6. The number of hydrogen-bond donors (Lipinski definition) is 1. The Balaban J connectivity index is 1.70. The molecule has 2 aliphatic rings. The molecule has 4 rings (SSSR count). The van der Waals surface area contributed by atoms with Crippen molar-refractivity contribution in [1.82, 2.24) is 5.32 Å². The van der Waals surface area contributed by atoms with Crippen molar-refractivity contribution in [2.45, 2.75) is 39.0 Å². The molecule has 0 spiro atoms. The van der Waals surface area contributed by atoms with Crippen LogP contribution in [0.2, 0.25) is 0 Å². The van der Waals surface area contributed by atoms with E-state index in [1.54, 1.807) is 0 Å². The first-order valence-corrected chi connectivity index (χ1v) is 8.59. The fraction of sp³-hybridized carbons (Fsp3) is 0.350. The number of rotatable bonds is 3. The number of benzene rings is 2. The Hall–Kier alpha value is -2.49. The molecular weight excluding hydrogens is 300 g/mol. The molecule has 0 unspecified atom stereocenters. The molecule has 1 atom stereocenters. The SMILES string of the molecule is CC(C)Oc1ccc([C@@H]2NC(=O)c3cccc4c3N2CCC4)cc1. The van der Waals surface area contributed by atoms with Crippen molar-refractivity contribution in [3.8, 4) is 5.75 Å². The van der Waals surface area contributed by atoms with Gasteiger partial charge in [-0.1, -0.05) is 24.3 Å². The Morgan fingerprint density at radius 2 is 1.96 bits per heavy atom. The molecule has 1 amide bonds. The van der Waals surface area contributed by atoms with Crippen LogP contribution in [0.3, 0.4) is 0 Å². The summed E-state index contributed by atoms with van der Waals surface area (Å²) < 4.78 is 5.72. The average molecular weight is 322 g/mol. The van der Waals surface area contributed by atoms with Crippen LogP contribution in [0.25, 0.3) is 0 Å². The summed E-state index contributed by atoms with van der Waals surface area (Å²) in [5, 5.41) is 3.16. The van der Waals surface area contributed by atoms with E-state index >= 15 is 0 Å². The summed E-state index contributed by atoms with van der Waals surface area (Å²) in [5.74, 6) is 0.869. The lowest BCUT2D eigenvalue weighted by atomic mass is 9.93. The van der Waals surface area contributed by atoms with E-state index in [-0.39, 0.29) is 18.2 Å². The van der Waals surface area contributed by atoms with Crippen molar-refractivity contribution < 1.29 is 9.53 Å². The van der Waals surface area contributed by atoms with Crippen molar-refractivity contribution >= 4 is 11.6 Å². The highest BCUT2D eigenvalue weighted by Gasteiger charge is 2.34. The quantitative estimate of drug-likeness (QED) is 0.937. The highest BCUT2D eigenvalue weighted by Crippen LogP contribution is 2.39. The van der Waals surface area contributed by atoms with Crippen LogP contribution < -0.4 is 15.0 Å². The van der Waals surface area contributed by atoms with Gasteiger partial charge in [0, 0.05) is 6.54 Å². The van der Waals surface area contributed by atoms with E-state index in [9.17, 15) is 4.79 Å². The Morgan fingerprint density at radius 3 is 2.71 bits per heavy atom. The van der Waals surface area contributed by atoms with Gasteiger partial charge < -0.3 is 15.0 Å². The molecule has 0 saturated heterocycles. The molecular formula is C20H22N2O2. The third-order valence-corrected chi connectivity index (χ3v) is 4.64. The molecule has 0 fully saturated rings. The standard InChI is InChI=1S/C20H22N2O2/c1-13(2)24-16-10-8-15(9-11-16)19-21-20(23)17-7-3-5-14-6-4-12-22(19)18(14)17/h3,5,7-11,13,19H,4,6,12H2,1-2H3,(H,21,23)/t19-/m1/s1. The number of anilines is 1. The molecule has 0 bridgehead atoms. The maximum Gasteiger partial charge on any atom is 0.255 e. The maximum absolute atomic E-state index is 12.6. The minimum atomic E-state index is -0.112. The summed E-state index contributed by atoms with van der Waals surface area (Å²) in [4.78, 5) is 14.9. The van der Waals surface area contributed by atoms with Gasteiger partial charge in [0.1, 0.15) is 11.9 Å². The van der Waals surface area contributed by atoms with E-state index < -0.39 is 0 Å². The van der Waals surface area contributed by atoms with Crippen molar-refractivity contribution in [2.75, 3.05) is 11.4 Å². The summed E-state index contributed by atoms with van der Waals surface area (Å²) in [6.45, 7) is 4.99. The first-order chi connectivity index (χ1) is 11.6. The second-order valence-corrected chi connectivity index (χ2v) is 6.72. The van der Waals surface area contributed by atoms with E-state index in [1.165, 1.54) is 5.56 Å². The Bertz CT molecular complexity index is 768. The highest BCUT2D eigenvalue weighted by atomic mass is 16.5. The normalized spacial score (nSPS) is 19.0. The summed E-state index contributed by atoms with van der Waals surface area (Å²) in [7, 11) is 0. The van der Waals surface area contributed by atoms with Crippen LogP contribution >= 0.6 is 0 Å². The van der Waals surface area contributed by atoms with Crippen LogP contribution in [0.15, 0.2) is 42.5 Å². The smallest absolute Gasteiger partial charge is 0.255 e. The van der Waals surface area contributed by atoms with E-state index in [4.69, 9.17) is 4.74 Å². The molecule has 1 N–H and O–H groups in total. The largest absolute Gasteiger partial charge is 0.491 e. The molecule has 2 heterocycles. The summed E-state index contributed by atoms with van der Waals surface area (Å²) >= 11 is 0. The first kappa shape index (κ1) is 15.1. The van der Waals surface area contributed by atoms with Gasteiger partial charge >= 0.3 is 0 Å². The van der Waals surface area contributed by atoms with E-state index in [1.807, 2.05) is 50.2 Å². The zero-order valence-electron chi connectivity index (χ0n) is 14.1. The number of carbonyl (C=O) groups excluding carboxylic acids is 1. The van der Waals surface area contributed by atoms with Gasteiger partial charge in [0.2, 0.25) is 0 Å². The molecule has 0 saturated carbocycles. The van der Waals surface area contributed by atoms with Crippen LogP contribution in [0.1, 0.15) is 47.9 Å². The zero-order valence-corrected chi connectivity index (χ0v) is 14.1. The number of nitrogens with zero attached hydrogens (tertiary/aromatic N) is 1. The van der Waals surface area contributed by atoms with Gasteiger partial charge in [-0.3, -0.25) is 4.79 Å². The number of amides is 1. The fourth-order valence-electron chi connectivity index (χ4n) is 3.67. The topological polar surface area (TPSA) is 41.6 Å². The third-order valence-electron chi connectivity index (χ3n) is 4.64. The van der Waals surface area contributed by atoms with Gasteiger partial charge in [-0.2, -0.15) is 0 Å². The van der Waals surface area contributed by atoms with E-state index in [2.05, 4.69) is 16.3 Å². The number of nitrogens with one attached hydrogen (secondary N) is 1. The lowest BCUT2D eigenvalue weighted by Crippen LogP contribution is -2.48. The average Bonchev–Trinajstić information content (AvgIpc) is 2.58. The van der Waals surface area contributed by atoms with Gasteiger partial charge in [-0.15, -0.1) is 0 Å². The van der Waals surface area contributed by atoms with E-state index in [0.29, 0.717) is 0 Å². The molecule has 4 nitrogen and oxygen atoms in total. The number of ether oxygens (including phenoxy) is 1. The Kier molecular flexibility index (Phi) is 3.68. The molecule has 0 aliphatic carbocycles. The second kappa shape index (κ2) is 5.86. The molecule has 2 aliphatic heterocycles. The molecule has 0 radical (unpaired) electrons. The van der Waals surface area contributed by atoms with Gasteiger partial charge in [-0.05, 0) is 56.0 Å². The minimum Gasteiger partial charge on any atom is -0.491 e. The minimum absolute atomic E-state index is 0.0116. The molecule has 24 heavy (non-hydrogen) atoms. The molecule has 2 aromatic carbocycles. The molecule has 4 heteroatoms. The highest BCUT2D eigenvalue weighted by molar-refractivity contribution is 6.03. The predicted octanol–water partition coefficient (Wildman–Crippen LogP) is 3.67. The second-order valence-electron chi connectivity index (χ2n) is 6.72. The number of aryl methyl sites for hydroxylation is 1. The predicted molar refractivity (Wildman–Crippen MR) is 94.5 cm³/mol. The van der Waals surface area contributed by atoms with Gasteiger partial charge in [0.15, 0.2) is 0 Å². The molecule has 0 aromatic heterocycles. The Labute approximate surface area is 142 Å². The molecule has 2 aromatic rings. The number of carbonyl (C=O) groups is 1. The van der Waals surface area contributed by atoms with Crippen molar-refractivity contribution in [3.05, 3.63) is 59.2 Å². The van der Waals surface area contributed by atoms with Gasteiger partial charge in [0.05, 0.1) is 17.4 Å². The third kappa shape index (κ3) is 2.52. The lowest BCUT2D eigenvalue weighted by molar-refractivity contribution is 0.0925. The van der Waals surface area contributed by atoms with Crippen LogP contribution in [0, 0.1) is 0 Å². The van der Waals surface area contributed by atoms with Gasteiger partial charge in [-0.25, -0.2) is 0 Å². The first-order valence-electron chi connectivity index (χ1n) is 8.59. The Morgan fingerprint density at radius 1 is 1.17 bits per heavy atom. The van der Waals surface area contributed by atoms with Crippen LogP contribution in [-0.4, -0.2) is 18.6 Å². The van der Waals surface area contributed by atoms with Crippen LogP contribution in [0.5, 0.6) is 5.75 Å². The number of hydrogen-bond acceptors (Lipinski definition) is 3. The van der Waals surface area contributed by atoms with Crippen LogP contribution in [-0.2, 0) is 6.42 Å². The van der Waals surface area contributed by atoms with Gasteiger partial charge in [0.25, 0.3) is 5.91 Å². The number of para-hydroxylation sites is 1. The molecule has 124 valence electrons.